The van der Waals surface area contributed by atoms with E-state index < -0.39 is 0 Å². The first-order valence-electron chi connectivity index (χ1n) is 2.18. The first kappa shape index (κ1) is 6.92. The van der Waals surface area contributed by atoms with Crippen LogP contribution in [-0.2, 0) is 0 Å². The molecule has 0 atom stereocenters. The molecule has 0 spiro atoms. The van der Waals surface area contributed by atoms with Crippen molar-refractivity contribution in [3.05, 3.63) is 0 Å². The molecule has 0 aromatic rings. The van der Waals surface area contributed by atoms with Gasteiger partial charge in [-0.15, -0.1) is 0 Å². The van der Waals surface area contributed by atoms with Crippen LogP contribution in [-0.4, -0.2) is 19.6 Å². The molecule has 0 saturated heterocycles. The number of nitrogens with one attached hydrogen (secondary N) is 3. The van der Waals surface area contributed by atoms with Crippen LogP contribution in [0.3, 0.4) is 0 Å². The summed E-state index contributed by atoms with van der Waals surface area (Å²) in [6.45, 7) is 0.465. The van der Waals surface area contributed by atoms with Crippen molar-refractivity contribution in [2.24, 2.45) is 0 Å². The first-order chi connectivity index (χ1) is 3.81. The van der Waals surface area contributed by atoms with Gasteiger partial charge in [-0.1, -0.05) is 0 Å². The van der Waals surface area contributed by atoms with Crippen LogP contribution >= 0.6 is 0 Å². The minimum Gasteiger partial charge on any atom is -0.349 e. The fraction of sp³-hybridized carbons (Fsp3) is 0.500. The molecule has 0 aromatic carbocycles. The van der Waals surface area contributed by atoms with Crippen LogP contribution in [0.25, 0.3) is 0 Å². The summed E-state index contributed by atoms with van der Waals surface area (Å²) < 4.78 is 0. The lowest BCUT2D eigenvalue weighted by molar-refractivity contribution is 0.761. The largest absolute Gasteiger partial charge is 0.349 e. The van der Waals surface area contributed by atoms with Crippen LogP contribution < -0.4 is 10.6 Å². The molecule has 4 heteroatoms. The molecule has 0 amide bonds. The highest BCUT2D eigenvalue weighted by molar-refractivity contribution is 5.93. The highest BCUT2D eigenvalue weighted by Gasteiger charge is 1.84. The summed E-state index contributed by atoms with van der Waals surface area (Å²) in [4.78, 5) is 0. The van der Waals surface area contributed by atoms with Crippen molar-refractivity contribution in [3.8, 4) is 6.07 Å². The van der Waals surface area contributed by atoms with Gasteiger partial charge in [0.2, 0.25) is 0 Å². The summed E-state index contributed by atoms with van der Waals surface area (Å²) >= 11 is 0. The number of hydrogen-bond donors (Lipinski definition) is 3. The molecule has 0 aliphatic heterocycles. The van der Waals surface area contributed by atoms with E-state index in [1.54, 1.807) is 13.1 Å². The second kappa shape index (κ2) is 4.09. The zero-order valence-corrected chi connectivity index (χ0v) is 4.65. The van der Waals surface area contributed by atoms with Crippen LogP contribution in [0.2, 0.25) is 0 Å². The molecule has 0 unspecified atom stereocenters. The topological polar surface area (TPSA) is 71.7 Å². The lowest BCUT2D eigenvalue weighted by Crippen LogP contribution is -2.29. The van der Waals surface area contributed by atoms with Gasteiger partial charge >= 0.3 is 0 Å². The minimum atomic E-state index is -0.112. The molecule has 0 saturated carbocycles. The third kappa shape index (κ3) is 3.12. The molecule has 4 nitrogen and oxygen atoms in total. The van der Waals surface area contributed by atoms with Crippen molar-refractivity contribution < 1.29 is 0 Å². The molecule has 0 aliphatic rings. The molecule has 44 valence electrons. The zero-order valence-electron chi connectivity index (χ0n) is 4.65. The van der Waals surface area contributed by atoms with Gasteiger partial charge in [-0.25, -0.2) is 0 Å². The van der Waals surface area contributed by atoms with Gasteiger partial charge in [-0.05, 0) is 7.05 Å². The van der Waals surface area contributed by atoms with Crippen molar-refractivity contribution in [2.75, 3.05) is 13.7 Å². The van der Waals surface area contributed by atoms with Gasteiger partial charge in [0.1, 0.15) is 6.07 Å². The monoisotopic (exact) mass is 112 g/mol. The fourth-order valence-corrected chi connectivity index (χ4v) is 0.216. The Morgan fingerprint density at radius 2 is 2.50 bits per heavy atom. The molecule has 0 rings (SSSR count). The Bertz CT molecular complexity index is 112. The van der Waals surface area contributed by atoms with Gasteiger partial charge < -0.3 is 10.6 Å². The summed E-state index contributed by atoms with van der Waals surface area (Å²) in [5.41, 5.74) is 0. The predicted molar refractivity (Wildman–Crippen MR) is 30.4 cm³/mol. The van der Waals surface area contributed by atoms with E-state index in [4.69, 9.17) is 10.7 Å². The predicted octanol–water partition coefficient (Wildman–Crippen LogP) is -0.746. The van der Waals surface area contributed by atoms with E-state index in [2.05, 4.69) is 10.6 Å². The summed E-state index contributed by atoms with van der Waals surface area (Å²) in [5, 5.41) is 19.9. The van der Waals surface area contributed by atoms with E-state index in [1.165, 1.54) is 0 Å². The van der Waals surface area contributed by atoms with Gasteiger partial charge in [0.05, 0.1) is 6.67 Å². The number of amidine groups is 1. The van der Waals surface area contributed by atoms with Gasteiger partial charge in [0, 0.05) is 0 Å². The van der Waals surface area contributed by atoms with Crippen LogP contribution in [0.15, 0.2) is 0 Å². The van der Waals surface area contributed by atoms with Crippen LogP contribution in [0, 0.1) is 16.7 Å². The second-order valence-corrected chi connectivity index (χ2v) is 1.19. The van der Waals surface area contributed by atoms with Gasteiger partial charge in [0.15, 0.2) is 5.84 Å². The second-order valence-electron chi connectivity index (χ2n) is 1.19. The minimum absolute atomic E-state index is 0.112. The molecular weight excluding hydrogens is 104 g/mol. The lowest BCUT2D eigenvalue weighted by Gasteiger charge is -1.96. The highest BCUT2D eigenvalue weighted by atomic mass is 15.1. The average molecular weight is 112 g/mol. The van der Waals surface area contributed by atoms with E-state index >= 15 is 0 Å². The van der Waals surface area contributed by atoms with Crippen molar-refractivity contribution in [3.63, 3.8) is 0 Å². The Morgan fingerprint density at radius 1 is 1.88 bits per heavy atom. The van der Waals surface area contributed by atoms with Gasteiger partial charge in [-0.2, -0.15) is 5.26 Å². The maximum Gasteiger partial charge on any atom is 0.199 e. The molecule has 0 fully saturated rings. The van der Waals surface area contributed by atoms with E-state index in [-0.39, 0.29) is 5.84 Å². The molecule has 0 bridgehead atoms. The van der Waals surface area contributed by atoms with Gasteiger partial charge in [0.25, 0.3) is 0 Å². The van der Waals surface area contributed by atoms with Crippen molar-refractivity contribution in [1.82, 2.24) is 10.6 Å². The highest BCUT2D eigenvalue weighted by Crippen LogP contribution is 1.55. The van der Waals surface area contributed by atoms with Crippen LogP contribution in [0.4, 0.5) is 0 Å². The molecule has 3 N–H and O–H groups in total. The van der Waals surface area contributed by atoms with E-state index in [0.717, 1.165) is 0 Å². The third-order valence-corrected chi connectivity index (χ3v) is 0.554. The van der Waals surface area contributed by atoms with E-state index in [1.807, 2.05) is 0 Å². The molecule has 0 aromatic heterocycles. The smallest absolute Gasteiger partial charge is 0.199 e. The molecule has 0 heterocycles. The molecule has 0 radical (unpaired) electrons. The Kier molecular flexibility index (Phi) is 3.54. The SMILES string of the molecule is CNCNC(=N)C#N. The maximum absolute atomic E-state index is 8.00. The van der Waals surface area contributed by atoms with E-state index in [9.17, 15) is 0 Å². The molecular formula is C4H8N4. The van der Waals surface area contributed by atoms with Gasteiger partial charge in [-0.3, -0.25) is 5.41 Å². The number of hydrogen-bond acceptors (Lipinski definition) is 3. The Balaban J connectivity index is 3.16. The van der Waals surface area contributed by atoms with Crippen molar-refractivity contribution in [1.29, 1.82) is 10.7 Å². The Hall–Kier alpha value is -1.08. The average Bonchev–Trinajstić information content (AvgIpc) is 1.83. The summed E-state index contributed by atoms with van der Waals surface area (Å²) in [7, 11) is 1.73. The van der Waals surface area contributed by atoms with Crippen LogP contribution in [0.5, 0.6) is 0 Å². The maximum atomic E-state index is 8.00. The number of nitriles is 1. The van der Waals surface area contributed by atoms with E-state index in [0.29, 0.717) is 6.67 Å². The summed E-state index contributed by atoms with van der Waals surface area (Å²) in [6.07, 6.45) is 0. The fourth-order valence-electron chi connectivity index (χ4n) is 0.216. The van der Waals surface area contributed by atoms with Crippen molar-refractivity contribution in [2.45, 2.75) is 0 Å². The number of rotatable bonds is 2. The number of nitrogens with zero attached hydrogens (tertiary/aromatic N) is 1. The normalized spacial score (nSPS) is 7.50. The quantitative estimate of drug-likeness (QED) is 0.250. The summed E-state index contributed by atoms with van der Waals surface area (Å²) in [6, 6.07) is 1.63. The Labute approximate surface area is 48.0 Å². The molecule has 0 aliphatic carbocycles. The standard InChI is InChI=1S/C4H8N4/c1-7-3-8-4(6)2-5/h7H,3H2,1H3,(H2,6,8). The van der Waals surface area contributed by atoms with Crippen LogP contribution in [0.1, 0.15) is 0 Å². The Morgan fingerprint density at radius 3 is 2.88 bits per heavy atom. The molecule has 8 heavy (non-hydrogen) atoms. The lowest BCUT2D eigenvalue weighted by atomic mass is 10.6. The first-order valence-corrected chi connectivity index (χ1v) is 2.18. The zero-order chi connectivity index (χ0) is 6.41. The third-order valence-electron chi connectivity index (χ3n) is 0.554. The summed E-state index contributed by atoms with van der Waals surface area (Å²) in [5.74, 6) is -0.112. The van der Waals surface area contributed by atoms with Crippen molar-refractivity contribution >= 4 is 5.84 Å².